The molecule has 0 fully saturated rings. The summed E-state index contributed by atoms with van der Waals surface area (Å²) < 4.78 is 11.4. The molecule has 1 amide bonds. The molecule has 2 aromatic rings. The molecule has 7 heteroatoms. The average Bonchev–Trinajstić information content (AvgIpc) is 2.69. The number of amides is 1. The number of nitriles is 1. The molecule has 0 spiro atoms. The fourth-order valence-electron chi connectivity index (χ4n) is 2.37. The number of ether oxygens (including phenoxy) is 2. The second-order valence-electron chi connectivity index (χ2n) is 5.68. The zero-order valence-corrected chi connectivity index (χ0v) is 17.1. The SMILES string of the molecule is CCCOc1c(/C=C(\C#N)C(=O)Nc2cccc(Cl)c2Cl)cccc1OCC. The molecule has 146 valence electrons. The first-order valence-corrected chi connectivity index (χ1v) is 9.53. The van der Waals surface area contributed by atoms with E-state index in [9.17, 15) is 10.1 Å². The highest BCUT2D eigenvalue weighted by Crippen LogP contribution is 2.34. The van der Waals surface area contributed by atoms with Gasteiger partial charge in [-0.3, -0.25) is 4.79 Å². The van der Waals surface area contributed by atoms with Crippen LogP contribution in [-0.2, 0) is 4.79 Å². The standard InChI is InChI=1S/C21H20Cl2N2O3/c1-3-11-28-20-14(7-5-10-18(20)27-4-2)12-15(13-24)21(26)25-17-9-6-8-16(22)19(17)23/h5-10,12H,3-4,11H2,1-2H3,(H,25,26)/b15-12+. The van der Waals surface area contributed by atoms with Gasteiger partial charge in [-0.05, 0) is 37.6 Å². The van der Waals surface area contributed by atoms with Crippen LogP contribution in [-0.4, -0.2) is 19.1 Å². The summed E-state index contributed by atoms with van der Waals surface area (Å²) in [6.45, 7) is 4.81. The Kier molecular flexibility index (Phi) is 8.19. The van der Waals surface area contributed by atoms with Crippen molar-refractivity contribution in [3.63, 3.8) is 0 Å². The normalized spacial score (nSPS) is 10.9. The zero-order chi connectivity index (χ0) is 20.5. The molecule has 0 bridgehead atoms. The van der Waals surface area contributed by atoms with Crippen LogP contribution >= 0.6 is 23.2 Å². The third-order valence-corrected chi connectivity index (χ3v) is 4.44. The van der Waals surface area contributed by atoms with Crippen LogP contribution in [0.3, 0.4) is 0 Å². The van der Waals surface area contributed by atoms with Gasteiger partial charge in [0.25, 0.3) is 5.91 Å². The van der Waals surface area contributed by atoms with Crippen LogP contribution in [0.5, 0.6) is 11.5 Å². The average molecular weight is 419 g/mol. The second-order valence-corrected chi connectivity index (χ2v) is 6.47. The van der Waals surface area contributed by atoms with Gasteiger partial charge in [0.1, 0.15) is 11.6 Å². The lowest BCUT2D eigenvalue weighted by molar-refractivity contribution is -0.112. The number of halogens is 2. The Bertz CT molecular complexity index is 920. The molecule has 1 N–H and O–H groups in total. The van der Waals surface area contributed by atoms with Gasteiger partial charge in [0, 0.05) is 5.56 Å². The first kappa shape index (κ1) is 21.6. The van der Waals surface area contributed by atoms with Gasteiger partial charge in [0.05, 0.1) is 28.9 Å². The van der Waals surface area contributed by atoms with E-state index in [2.05, 4.69) is 5.32 Å². The van der Waals surface area contributed by atoms with Crippen molar-refractivity contribution in [1.82, 2.24) is 0 Å². The molecular weight excluding hydrogens is 399 g/mol. The van der Waals surface area contributed by atoms with E-state index in [1.54, 1.807) is 36.4 Å². The first-order valence-electron chi connectivity index (χ1n) is 8.77. The van der Waals surface area contributed by atoms with Gasteiger partial charge in [-0.2, -0.15) is 5.26 Å². The lowest BCUT2D eigenvalue weighted by Crippen LogP contribution is -2.14. The summed E-state index contributed by atoms with van der Waals surface area (Å²) in [4.78, 5) is 12.6. The number of benzene rings is 2. The molecule has 0 unspecified atom stereocenters. The number of anilines is 1. The van der Waals surface area contributed by atoms with E-state index in [1.807, 2.05) is 19.9 Å². The van der Waals surface area contributed by atoms with E-state index < -0.39 is 5.91 Å². The van der Waals surface area contributed by atoms with E-state index in [0.29, 0.717) is 41.0 Å². The number of carbonyl (C=O) groups excluding carboxylic acids is 1. The fraction of sp³-hybridized carbons (Fsp3) is 0.238. The van der Waals surface area contributed by atoms with Crippen LogP contribution in [0.2, 0.25) is 10.0 Å². The molecule has 0 aliphatic heterocycles. The summed E-state index contributed by atoms with van der Waals surface area (Å²) in [5, 5.41) is 12.6. The molecule has 28 heavy (non-hydrogen) atoms. The molecule has 2 aromatic carbocycles. The summed E-state index contributed by atoms with van der Waals surface area (Å²) in [6, 6.07) is 12.1. The molecular formula is C21H20Cl2N2O3. The van der Waals surface area contributed by atoms with Gasteiger partial charge in [-0.15, -0.1) is 0 Å². The third-order valence-electron chi connectivity index (χ3n) is 3.62. The van der Waals surface area contributed by atoms with E-state index in [-0.39, 0.29) is 10.6 Å². The smallest absolute Gasteiger partial charge is 0.266 e. The van der Waals surface area contributed by atoms with Crippen molar-refractivity contribution in [1.29, 1.82) is 5.26 Å². The van der Waals surface area contributed by atoms with Crippen molar-refractivity contribution < 1.29 is 14.3 Å². The van der Waals surface area contributed by atoms with Gasteiger partial charge in [0.15, 0.2) is 11.5 Å². The van der Waals surface area contributed by atoms with Crippen molar-refractivity contribution in [3.05, 3.63) is 57.6 Å². The Morgan fingerprint density at radius 2 is 1.93 bits per heavy atom. The first-order chi connectivity index (χ1) is 13.5. The van der Waals surface area contributed by atoms with Crippen molar-refractivity contribution >= 4 is 40.9 Å². The number of nitrogens with one attached hydrogen (secondary N) is 1. The van der Waals surface area contributed by atoms with Crippen LogP contribution < -0.4 is 14.8 Å². The number of para-hydroxylation sites is 1. The number of hydrogen-bond acceptors (Lipinski definition) is 4. The summed E-state index contributed by atoms with van der Waals surface area (Å²) in [5.74, 6) is 0.447. The topological polar surface area (TPSA) is 71.3 Å². The Morgan fingerprint density at radius 1 is 1.18 bits per heavy atom. The van der Waals surface area contributed by atoms with Crippen LogP contribution in [0.4, 0.5) is 5.69 Å². The van der Waals surface area contributed by atoms with E-state index in [1.165, 1.54) is 6.08 Å². The number of rotatable bonds is 8. The van der Waals surface area contributed by atoms with E-state index >= 15 is 0 Å². The van der Waals surface area contributed by atoms with Crippen molar-refractivity contribution in [2.45, 2.75) is 20.3 Å². The Hall–Kier alpha value is -2.68. The lowest BCUT2D eigenvalue weighted by Gasteiger charge is -2.14. The minimum absolute atomic E-state index is 0.106. The van der Waals surface area contributed by atoms with Gasteiger partial charge in [-0.1, -0.05) is 48.3 Å². The van der Waals surface area contributed by atoms with Gasteiger partial charge in [-0.25, -0.2) is 0 Å². The quantitative estimate of drug-likeness (QED) is 0.438. The summed E-state index contributed by atoms with van der Waals surface area (Å²) in [6.07, 6.45) is 2.27. The Balaban J connectivity index is 2.37. The van der Waals surface area contributed by atoms with Crippen molar-refractivity contribution in [3.8, 4) is 17.6 Å². The van der Waals surface area contributed by atoms with E-state index in [4.69, 9.17) is 32.7 Å². The Labute approximate surface area is 174 Å². The van der Waals surface area contributed by atoms with Gasteiger partial charge < -0.3 is 14.8 Å². The molecule has 0 aliphatic rings. The minimum Gasteiger partial charge on any atom is -0.490 e. The number of hydrogen-bond donors (Lipinski definition) is 1. The highest BCUT2D eigenvalue weighted by atomic mass is 35.5. The highest BCUT2D eigenvalue weighted by Gasteiger charge is 2.16. The molecule has 0 aliphatic carbocycles. The summed E-state index contributed by atoms with van der Waals surface area (Å²) in [7, 11) is 0. The molecule has 0 saturated carbocycles. The van der Waals surface area contributed by atoms with Crippen LogP contribution in [0.15, 0.2) is 42.0 Å². The van der Waals surface area contributed by atoms with Crippen molar-refractivity contribution in [2.24, 2.45) is 0 Å². The predicted octanol–water partition coefficient (Wildman–Crippen LogP) is 5.73. The predicted molar refractivity (Wildman–Crippen MR) is 112 cm³/mol. The monoisotopic (exact) mass is 418 g/mol. The van der Waals surface area contributed by atoms with Crippen LogP contribution in [0.25, 0.3) is 6.08 Å². The largest absolute Gasteiger partial charge is 0.490 e. The molecule has 0 saturated heterocycles. The second kappa shape index (κ2) is 10.6. The maximum absolute atomic E-state index is 12.6. The highest BCUT2D eigenvalue weighted by molar-refractivity contribution is 6.44. The van der Waals surface area contributed by atoms with Crippen LogP contribution in [0.1, 0.15) is 25.8 Å². The maximum Gasteiger partial charge on any atom is 0.266 e. The summed E-state index contributed by atoms with van der Waals surface area (Å²) in [5.41, 5.74) is 0.792. The summed E-state index contributed by atoms with van der Waals surface area (Å²) >= 11 is 12.1. The van der Waals surface area contributed by atoms with Crippen LogP contribution in [0, 0.1) is 11.3 Å². The van der Waals surface area contributed by atoms with E-state index in [0.717, 1.165) is 6.42 Å². The third kappa shape index (κ3) is 5.41. The molecule has 0 aromatic heterocycles. The fourth-order valence-corrected chi connectivity index (χ4v) is 2.72. The van der Waals surface area contributed by atoms with Gasteiger partial charge in [0.2, 0.25) is 0 Å². The molecule has 0 radical (unpaired) electrons. The molecule has 2 rings (SSSR count). The number of carbonyl (C=O) groups is 1. The zero-order valence-electron chi connectivity index (χ0n) is 15.6. The maximum atomic E-state index is 12.6. The molecule has 0 heterocycles. The van der Waals surface area contributed by atoms with Gasteiger partial charge >= 0.3 is 0 Å². The number of nitrogens with zero attached hydrogens (tertiary/aromatic N) is 1. The molecule has 5 nitrogen and oxygen atoms in total. The van der Waals surface area contributed by atoms with Crippen molar-refractivity contribution in [2.75, 3.05) is 18.5 Å². The molecule has 0 atom stereocenters. The lowest BCUT2D eigenvalue weighted by atomic mass is 10.1. The minimum atomic E-state index is -0.602. The Morgan fingerprint density at radius 3 is 2.61 bits per heavy atom.